The average Bonchev–Trinajstić information content (AvgIpc) is 3.70. The van der Waals surface area contributed by atoms with Gasteiger partial charge in [0.2, 0.25) is 17.7 Å². The Bertz CT molecular complexity index is 922. The molecule has 1 saturated heterocycles. The number of carbonyl (C=O) groups excluding carboxylic acids is 5. The summed E-state index contributed by atoms with van der Waals surface area (Å²) in [7, 11) is 0. The summed E-state index contributed by atoms with van der Waals surface area (Å²) in [6.07, 6.45) is 7.21. The van der Waals surface area contributed by atoms with Crippen LogP contribution in [0, 0.1) is 33.5 Å². The molecule has 5 atom stereocenters. The zero-order valence-corrected chi connectivity index (χ0v) is 25.8. The minimum absolute atomic E-state index is 0.0468. The lowest BCUT2D eigenvalue weighted by Gasteiger charge is -2.33. The molecule has 40 heavy (non-hydrogen) atoms. The lowest BCUT2D eigenvalue weighted by atomic mass is 9.73. The standard InChI is InChI=1S/C18H31N3O2.C10H18N2O.2CH2O/c1-15(2,3)12(19)14(23)21-10-18(9-11(21)13(20)22)16(4,5)17(18)7-6-8-17;1-4-8-7-9(8)10(13)11-12(5-2)6-3;2*1-2/h11-12H,6-10,19H2,1-5H3,(H2,20,22);4,8-9H,1,5-7H2,2-3H3,(H,11,13);2*1H2/t11-,12+,18+;8-,9+;;/m01../s1. The van der Waals surface area contributed by atoms with Crippen LogP contribution in [0.5, 0.6) is 0 Å². The van der Waals surface area contributed by atoms with Crippen LogP contribution in [0.3, 0.4) is 0 Å². The van der Waals surface area contributed by atoms with Crippen LogP contribution in [0.25, 0.3) is 0 Å². The number of hydrogen-bond acceptors (Lipinski definition) is 7. The molecule has 0 unspecified atom stereocenters. The fourth-order valence-electron chi connectivity index (χ4n) is 7.03. The monoisotopic (exact) mass is 563 g/mol. The number of nitrogens with one attached hydrogen (secondary N) is 1. The maximum atomic E-state index is 12.9. The maximum absolute atomic E-state index is 12.9. The van der Waals surface area contributed by atoms with Crippen LogP contribution in [0.15, 0.2) is 12.7 Å². The van der Waals surface area contributed by atoms with Gasteiger partial charge in [0.15, 0.2) is 0 Å². The van der Waals surface area contributed by atoms with Crippen LogP contribution >= 0.6 is 0 Å². The van der Waals surface area contributed by atoms with E-state index in [-0.39, 0.29) is 34.0 Å². The number of nitrogens with two attached hydrogens (primary N) is 2. The number of allylic oxidation sites excluding steroid dienone is 1. The van der Waals surface area contributed by atoms with Crippen molar-refractivity contribution in [3.63, 3.8) is 0 Å². The van der Waals surface area contributed by atoms with Gasteiger partial charge in [-0.2, -0.15) is 0 Å². The quantitative estimate of drug-likeness (QED) is 0.317. The predicted molar refractivity (Wildman–Crippen MR) is 156 cm³/mol. The third-order valence-corrected chi connectivity index (χ3v) is 10.1. The molecule has 3 amide bonds. The fourth-order valence-corrected chi connectivity index (χ4v) is 7.03. The summed E-state index contributed by atoms with van der Waals surface area (Å²) >= 11 is 0. The van der Waals surface area contributed by atoms with E-state index in [1.54, 1.807) is 4.90 Å². The molecule has 10 heteroatoms. The number of amides is 3. The molecule has 0 bridgehead atoms. The largest absolute Gasteiger partial charge is 0.368 e. The number of rotatable bonds is 7. The maximum Gasteiger partial charge on any atom is 0.240 e. The van der Waals surface area contributed by atoms with Crippen molar-refractivity contribution < 1.29 is 24.0 Å². The summed E-state index contributed by atoms with van der Waals surface area (Å²) in [5.74, 6) is 0.214. The van der Waals surface area contributed by atoms with E-state index in [4.69, 9.17) is 21.1 Å². The van der Waals surface area contributed by atoms with Crippen LogP contribution in [0.2, 0.25) is 0 Å². The molecule has 2 spiro atoms. The summed E-state index contributed by atoms with van der Waals surface area (Å²) in [6, 6.07) is -1.12. The molecule has 0 radical (unpaired) electrons. The fraction of sp³-hybridized carbons (Fsp3) is 0.767. The first-order valence-electron chi connectivity index (χ1n) is 14.2. The van der Waals surface area contributed by atoms with Gasteiger partial charge in [0.1, 0.15) is 19.6 Å². The molecule has 4 fully saturated rings. The second-order valence-electron chi connectivity index (χ2n) is 13.0. The molecular formula is C30H53N5O5. The van der Waals surface area contributed by atoms with Crippen molar-refractivity contribution in [1.82, 2.24) is 15.3 Å². The van der Waals surface area contributed by atoms with E-state index < -0.39 is 18.0 Å². The number of hydrogen-bond donors (Lipinski definition) is 3. The van der Waals surface area contributed by atoms with E-state index in [2.05, 4.69) is 25.9 Å². The van der Waals surface area contributed by atoms with Gasteiger partial charge in [-0.3, -0.25) is 19.8 Å². The lowest BCUT2D eigenvalue weighted by molar-refractivity contribution is -0.140. The summed E-state index contributed by atoms with van der Waals surface area (Å²) < 4.78 is 0. The van der Waals surface area contributed by atoms with Gasteiger partial charge in [-0.15, -0.1) is 6.58 Å². The minimum Gasteiger partial charge on any atom is -0.368 e. The highest BCUT2D eigenvalue weighted by molar-refractivity contribution is 5.90. The first-order valence-corrected chi connectivity index (χ1v) is 14.2. The summed E-state index contributed by atoms with van der Waals surface area (Å²) in [5, 5.41) is 1.92. The Labute approximate surface area is 240 Å². The summed E-state index contributed by atoms with van der Waals surface area (Å²) in [6.45, 7) is 24.5. The van der Waals surface area contributed by atoms with Gasteiger partial charge in [0, 0.05) is 31.0 Å². The number of hydrazine groups is 1. The number of carbonyl (C=O) groups is 5. The smallest absolute Gasteiger partial charge is 0.240 e. The molecule has 1 heterocycles. The van der Waals surface area contributed by atoms with Crippen LogP contribution in [-0.4, -0.2) is 72.9 Å². The second kappa shape index (κ2) is 13.4. The van der Waals surface area contributed by atoms with Gasteiger partial charge in [0.25, 0.3) is 0 Å². The van der Waals surface area contributed by atoms with Crippen molar-refractivity contribution in [3.05, 3.63) is 12.7 Å². The minimum atomic E-state index is -0.612. The normalized spacial score (nSPS) is 28.8. The van der Waals surface area contributed by atoms with Crippen LogP contribution in [0.1, 0.15) is 80.6 Å². The van der Waals surface area contributed by atoms with Gasteiger partial charge in [-0.25, -0.2) is 5.01 Å². The number of primary amides is 1. The van der Waals surface area contributed by atoms with Gasteiger partial charge in [0.05, 0.1) is 6.04 Å². The Balaban J connectivity index is 0.000000401. The van der Waals surface area contributed by atoms with Gasteiger partial charge < -0.3 is 26.0 Å². The SMILES string of the molecule is C=C[C@@H]1C[C@@H]1C(=O)NN(CC)CC.C=O.C=O.CC(C)(C)[C@H](N)C(=O)N1C[C@]2(C[C@H]1C(N)=O)C(C)(C)C21CCC1. The first kappa shape index (κ1) is 35.4. The average molecular weight is 564 g/mol. The second-order valence-corrected chi connectivity index (χ2v) is 13.0. The molecule has 4 rings (SSSR count). The van der Waals surface area contributed by atoms with E-state index in [0.29, 0.717) is 24.3 Å². The molecule has 0 aromatic carbocycles. The lowest BCUT2D eigenvalue weighted by Crippen LogP contribution is -2.54. The van der Waals surface area contributed by atoms with Crippen molar-refractivity contribution >= 4 is 31.3 Å². The molecule has 0 aromatic heterocycles. The van der Waals surface area contributed by atoms with E-state index in [9.17, 15) is 14.4 Å². The van der Waals surface area contributed by atoms with Crippen LogP contribution in [0.4, 0.5) is 0 Å². The number of likely N-dealkylation sites (tertiary alicyclic amines) is 1. The molecule has 3 saturated carbocycles. The molecule has 0 aromatic rings. The predicted octanol–water partition coefficient (Wildman–Crippen LogP) is 2.45. The molecule has 228 valence electrons. The molecule has 10 nitrogen and oxygen atoms in total. The summed E-state index contributed by atoms with van der Waals surface area (Å²) in [4.78, 5) is 54.2. The highest BCUT2D eigenvalue weighted by Gasteiger charge is 2.85. The van der Waals surface area contributed by atoms with Crippen molar-refractivity contribution in [2.24, 2.45) is 45.0 Å². The summed E-state index contributed by atoms with van der Waals surface area (Å²) in [5.41, 5.74) is 14.9. The van der Waals surface area contributed by atoms with Gasteiger partial charge in [-0.05, 0) is 47.8 Å². The van der Waals surface area contributed by atoms with E-state index in [1.165, 1.54) is 19.3 Å². The Kier molecular flexibility index (Phi) is 11.9. The third-order valence-electron chi connectivity index (χ3n) is 10.1. The van der Waals surface area contributed by atoms with Crippen molar-refractivity contribution in [3.8, 4) is 0 Å². The molecule has 5 N–H and O–H groups in total. The highest BCUT2D eigenvalue weighted by atomic mass is 16.2. The van der Waals surface area contributed by atoms with Crippen LogP contribution in [-0.2, 0) is 24.0 Å². The third kappa shape index (κ3) is 6.17. The zero-order chi connectivity index (χ0) is 31.3. The Morgan fingerprint density at radius 3 is 1.93 bits per heavy atom. The molecule has 1 aliphatic heterocycles. The number of nitrogens with zero attached hydrogens (tertiary/aromatic N) is 2. The van der Waals surface area contributed by atoms with Crippen molar-refractivity contribution in [2.75, 3.05) is 19.6 Å². The Morgan fingerprint density at radius 1 is 1.07 bits per heavy atom. The first-order chi connectivity index (χ1) is 18.6. The van der Waals surface area contributed by atoms with Crippen molar-refractivity contribution in [1.29, 1.82) is 0 Å². The van der Waals surface area contributed by atoms with E-state index in [0.717, 1.165) is 19.5 Å². The number of fused-ring (bicyclic) bond motifs is 1. The zero-order valence-electron chi connectivity index (χ0n) is 25.8. The van der Waals surface area contributed by atoms with Crippen LogP contribution < -0.4 is 16.9 Å². The molecular weight excluding hydrogens is 510 g/mol. The van der Waals surface area contributed by atoms with E-state index >= 15 is 0 Å². The molecule has 4 aliphatic rings. The Morgan fingerprint density at radius 2 is 1.60 bits per heavy atom. The van der Waals surface area contributed by atoms with E-state index in [1.807, 2.05) is 59.3 Å². The van der Waals surface area contributed by atoms with Gasteiger partial charge in [-0.1, -0.05) is 61.0 Å². The highest BCUT2D eigenvalue weighted by Crippen LogP contribution is 2.88. The van der Waals surface area contributed by atoms with Gasteiger partial charge >= 0.3 is 0 Å². The van der Waals surface area contributed by atoms with Crippen molar-refractivity contribution in [2.45, 2.75) is 92.7 Å². The topological polar surface area (TPSA) is 156 Å². The molecule has 3 aliphatic carbocycles. The Hall–Kier alpha value is -2.59.